The summed E-state index contributed by atoms with van der Waals surface area (Å²) in [4.78, 5) is 38.2. The molecular weight excluding hydrogens is 722 g/mol. The van der Waals surface area contributed by atoms with Crippen LogP contribution in [0.5, 0.6) is 0 Å². The van der Waals surface area contributed by atoms with Gasteiger partial charge in [-0.2, -0.15) is 26.3 Å². The molecule has 4 unspecified atom stereocenters. The van der Waals surface area contributed by atoms with E-state index in [-0.39, 0.29) is 42.6 Å². The SMILES string of the molecule is COC(C(=O)OCCC(C)C(=O)CC[C@H](C)CCC[C@@](C)(O)CCCC(C)COC(=O)C(OC)(c1ccccc1)C(F)(F)F)(c1ccccc1)C(F)(F)F. The normalized spacial score (nSPS) is 17.3. The Balaban J connectivity index is 1.72. The van der Waals surface area contributed by atoms with Crippen LogP contribution in [0.15, 0.2) is 60.7 Å². The lowest BCUT2D eigenvalue weighted by molar-refractivity contribution is -0.277. The molecule has 0 saturated heterocycles. The Morgan fingerprint density at radius 1 is 0.648 bits per heavy atom. The van der Waals surface area contributed by atoms with Crippen molar-refractivity contribution in [1.29, 1.82) is 0 Å². The highest BCUT2D eigenvalue weighted by atomic mass is 19.4. The van der Waals surface area contributed by atoms with E-state index in [1.165, 1.54) is 36.4 Å². The molecule has 0 radical (unpaired) electrons. The van der Waals surface area contributed by atoms with E-state index in [9.17, 15) is 45.8 Å². The summed E-state index contributed by atoms with van der Waals surface area (Å²) in [6.07, 6.45) is -5.92. The molecule has 0 aliphatic carbocycles. The third kappa shape index (κ3) is 12.3. The van der Waals surface area contributed by atoms with Gasteiger partial charge in [-0.15, -0.1) is 0 Å². The van der Waals surface area contributed by atoms with Gasteiger partial charge in [0.25, 0.3) is 11.2 Å². The zero-order valence-electron chi connectivity index (χ0n) is 31.9. The number of esters is 2. The highest BCUT2D eigenvalue weighted by Crippen LogP contribution is 2.44. The molecule has 14 heteroatoms. The fourth-order valence-corrected chi connectivity index (χ4v) is 6.34. The van der Waals surface area contributed by atoms with Crippen molar-refractivity contribution in [3.8, 4) is 0 Å². The number of alkyl halides is 6. The molecule has 0 spiro atoms. The smallest absolute Gasteiger partial charge is 0.432 e. The molecule has 2 rings (SSSR count). The molecule has 0 bridgehead atoms. The van der Waals surface area contributed by atoms with E-state index >= 15 is 0 Å². The van der Waals surface area contributed by atoms with Gasteiger partial charge in [0.15, 0.2) is 0 Å². The van der Waals surface area contributed by atoms with Gasteiger partial charge in [0.05, 0.1) is 18.8 Å². The van der Waals surface area contributed by atoms with Crippen molar-refractivity contribution in [3.63, 3.8) is 0 Å². The number of carbonyl (C=O) groups excluding carboxylic acids is 3. The fourth-order valence-electron chi connectivity index (χ4n) is 6.34. The monoisotopic (exact) mass is 776 g/mol. The lowest BCUT2D eigenvalue weighted by Gasteiger charge is -2.32. The molecule has 0 fully saturated rings. The van der Waals surface area contributed by atoms with E-state index in [4.69, 9.17) is 18.9 Å². The molecule has 0 heterocycles. The highest BCUT2D eigenvalue weighted by molar-refractivity contribution is 5.83. The Morgan fingerprint density at radius 3 is 1.50 bits per heavy atom. The number of rotatable bonds is 23. The van der Waals surface area contributed by atoms with Gasteiger partial charge in [-0.3, -0.25) is 4.79 Å². The van der Waals surface area contributed by atoms with Gasteiger partial charge in [-0.1, -0.05) is 101 Å². The number of Topliss-reactive ketones (excluding diaryl/α,β-unsaturated/α-hetero) is 1. The first-order valence-electron chi connectivity index (χ1n) is 18.1. The number of ketones is 1. The number of hydrogen-bond donors (Lipinski definition) is 1. The van der Waals surface area contributed by atoms with Crippen molar-refractivity contribution in [3.05, 3.63) is 71.8 Å². The molecule has 8 nitrogen and oxygen atoms in total. The fraction of sp³-hybridized carbons (Fsp3) is 0.625. The summed E-state index contributed by atoms with van der Waals surface area (Å²) in [5.41, 5.74) is -8.34. The molecule has 304 valence electrons. The molecular formula is C40H54F6O8. The molecule has 2 aromatic rings. The summed E-state index contributed by atoms with van der Waals surface area (Å²) in [5.74, 6) is -3.93. The minimum Gasteiger partial charge on any atom is -0.463 e. The summed E-state index contributed by atoms with van der Waals surface area (Å²) in [7, 11) is 1.60. The Kier molecular flexibility index (Phi) is 17.7. The Hall–Kier alpha value is -3.49. The highest BCUT2D eigenvalue weighted by Gasteiger charge is 2.65. The minimum atomic E-state index is -5.09. The molecule has 0 aliphatic heterocycles. The van der Waals surface area contributed by atoms with Crippen LogP contribution in [0.25, 0.3) is 0 Å². The Morgan fingerprint density at radius 2 is 1.07 bits per heavy atom. The second-order valence-electron chi connectivity index (χ2n) is 14.4. The first-order chi connectivity index (χ1) is 25.2. The quantitative estimate of drug-likeness (QED) is 0.0881. The predicted octanol–water partition coefficient (Wildman–Crippen LogP) is 9.02. The molecule has 1 N–H and O–H groups in total. The summed E-state index contributed by atoms with van der Waals surface area (Å²) >= 11 is 0. The van der Waals surface area contributed by atoms with Crippen molar-refractivity contribution < 1.29 is 64.8 Å². The first-order valence-corrected chi connectivity index (χ1v) is 18.1. The van der Waals surface area contributed by atoms with Gasteiger partial charge in [0, 0.05) is 37.7 Å². The molecule has 2 aromatic carbocycles. The zero-order valence-corrected chi connectivity index (χ0v) is 31.9. The average molecular weight is 777 g/mol. The number of halogens is 6. The van der Waals surface area contributed by atoms with Crippen molar-refractivity contribution in [2.45, 2.75) is 115 Å². The van der Waals surface area contributed by atoms with Gasteiger partial charge in [0.2, 0.25) is 0 Å². The van der Waals surface area contributed by atoms with Gasteiger partial charge >= 0.3 is 24.3 Å². The third-order valence-corrected chi connectivity index (χ3v) is 9.89. The molecule has 0 aliphatic rings. The van der Waals surface area contributed by atoms with E-state index in [2.05, 4.69) is 0 Å². The average Bonchev–Trinajstić information content (AvgIpc) is 3.10. The lowest BCUT2D eigenvalue weighted by Crippen LogP contribution is -2.52. The van der Waals surface area contributed by atoms with E-state index in [1.54, 1.807) is 20.8 Å². The maximum Gasteiger partial charge on any atom is 0.432 e. The molecule has 0 saturated carbocycles. The van der Waals surface area contributed by atoms with Gasteiger partial charge in [-0.05, 0) is 50.9 Å². The van der Waals surface area contributed by atoms with Crippen LogP contribution in [0.1, 0.15) is 96.6 Å². The van der Waals surface area contributed by atoms with Crippen LogP contribution in [0.2, 0.25) is 0 Å². The third-order valence-electron chi connectivity index (χ3n) is 9.89. The van der Waals surface area contributed by atoms with Crippen LogP contribution in [0.3, 0.4) is 0 Å². The summed E-state index contributed by atoms with van der Waals surface area (Å²) in [6.45, 7) is 6.42. The van der Waals surface area contributed by atoms with E-state index in [1.807, 2.05) is 6.92 Å². The minimum absolute atomic E-state index is 0.0461. The molecule has 0 amide bonds. The summed E-state index contributed by atoms with van der Waals surface area (Å²) < 4.78 is 104. The maximum atomic E-state index is 14.1. The first kappa shape index (κ1) is 46.7. The Labute approximate surface area is 313 Å². The van der Waals surface area contributed by atoms with Crippen LogP contribution < -0.4 is 0 Å². The van der Waals surface area contributed by atoms with Crippen LogP contribution in [0.4, 0.5) is 26.3 Å². The standard InChI is InChI=1S/C40H54F6O8/c1-28(21-22-33(47)30(3)23-26-53-34(48)37(51-5,39(41,42)43)31-17-9-7-10-18-31)15-13-24-36(4,50)25-14-16-29(2)27-54-35(49)38(52-6,40(44,45)46)32-19-11-8-12-20-32/h7-12,17-20,28-30,50H,13-16,21-27H2,1-6H3/t28-,29?,30?,36-,37?,38?/m1/s1. The zero-order chi connectivity index (χ0) is 40.8. The molecule has 0 aromatic heterocycles. The predicted molar refractivity (Wildman–Crippen MR) is 189 cm³/mol. The molecule has 6 atom stereocenters. The number of aliphatic hydroxyl groups is 1. The second-order valence-corrected chi connectivity index (χ2v) is 14.4. The number of benzene rings is 2. The topological polar surface area (TPSA) is 108 Å². The van der Waals surface area contributed by atoms with Crippen molar-refractivity contribution in [2.75, 3.05) is 27.4 Å². The van der Waals surface area contributed by atoms with Crippen molar-refractivity contribution in [1.82, 2.24) is 0 Å². The maximum absolute atomic E-state index is 14.1. The van der Waals surface area contributed by atoms with Gasteiger partial charge in [-0.25, -0.2) is 9.59 Å². The summed E-state index contributed by atoms with van der Waals surface area (Å²) in [5, 5.41) is 10.9. The van der Waals surface area contributed by atoms with Crippen LogP contribution in [-0.2, 0) is 44.5 Å². The van der Waals surface area contributed by atoms with Crippen molar-refractivity contribution in [2.24, 2.45) is 17.8 Å². The van der Waals surface area contributed by atoms with E-state index in [0.29, 0.717) is 38.5 Å². The molecule has 54 heavy (non-hydrogen) atoms. The summed E-state index contributed by atoms with van der Waals surface area (Å²) in [6, 6.07) is 13.1. The van der Waals surface area contributed by atoms with Crippen LogP contribution >= 0.6 is 0 Å². The van der Waals surface area contributed by atoms with E-state index in [0.717, 1.165) is 44.9 Å². The van der Waals surface area contributed by atoms with Crippen LogP contribution in [0, 0.1) is 17.8 Å². The second kappa shape index (κ2) is 20.4. The van der Waals surface area contributed by atoms with E-state index < -0.39 is 59.2 Å². The Bertz CT molecular complexity index is 1450. The number of carbonyl (C=O) groups is 3. The lowest BCUT2D eigenvalue weighted by atomic mass is 9.88. The number of methoxy groups -OCH3 is 2. The van der Waals surface area contributed by atoms with Crippen LogP contribution in [-0.4, -0.2) is 68.2 Å². The number of hydrogen-bond acceptors (Lipinski definition) is 8. The number of ether oxygens (including phenoxy) is 4. The van der Waals surface area contributed by atoms with Gasteiger partial charge < -0.3 is 24.1 Å². The largest absolute Gasteiger partial charge is 0.463 e. The van der Waals surface area contributed by atoms with Crippen molar-refractivity contribution >= 4 is 17.7 Å². The van der Waals surface area contributed by atoms with Gasteiger partial charge in [0.1, 0.15) is 5.78 Å².